The second-order valence-electron chi connectivity index (χ2n) is 4.49. The Hall–Kier alpha value is -3.02. The Morgan fingerprint density at radius 2 is 1.67 bits per heavy atom. The molecule has 0 aliphatic carbocycles. The molecule has 21 heavy (non-hydrogen) atoms. The fourth-order valence-electron chi connectivity index (χ4n) is 1.80. The number of carboxylic acids is 1. The van der Waals surface area contributed by atoms with Gasteiger partial charge in [0.05, 0.1) is 0 Å². The number of anilines is 2. The molecule has 6 heteroatoms. The molecule has 4 N–H and O–H groups in total. The number of nitrogens with one attached hydrogen (secondary N) is 2. The molecule has 0 spiro atoms. The molecule has 0 heterocycles. The molecule has 0 aliphatic heterocycles. The molecule has 0 saturated heterocycles. The zero-order valence-electron chi connectivity index (χ0n) is 11.3. The Morgan fingerprint density at radius 1 is 1.00 bits per heavy atom. The van der Waals surface area contributed by atoms with E-state index in [4.69, 9.17) is 5.11 Å². The van der Waals surface area contributed by atoms with Crippen LogP contribution in [0.5, 0.6) is 5.75 Å². The summed E-state index contributed by atoms with van der Waals surface area (Å²) in [5.41, 5.74) is 1.63. The summed E-state index contributed by atoms with van der Waals surface area (Å²) >= 11 is 0. The predicted octanol–water partition coefficient (Wildman–Crippen LogP) is 3.04. The number of carboxylic acid groups (broad SMARTS) is 1. The van der Waals surface area contributed by atoms with Crippen LogP contribution in [0.2, 0.25) is 0 Å². The van der Waals surface area contributed by atoms with E-state index >= 15 is 0 Å². The fraction of sp³-hybridized carbons (Fsp3) is 0.0667. The van der Waals surface area contributed by atoms with Gasteiger partial charge in [-0.3, -0.25) is 0 Å². The summed E-state index contributed by atoms with van der Waals surface area (Å²) in [6, 6.07) is 10.6. The van der Waals surface area contributed by atoms with Crippen molar-refractivity contribution in [2.45, 2.75) is 6.92 Å². The average molecular weight is 286 g/mol. The lowest BCUT2D eigenvalue weighted by Gasteiger charge is -2.09. The van der Waals surface area contributed by atoms with Gasteiger partial charge in [-0.2, -0.15) is 0 Å². The van der Waals surface area contributed by atoms with Gasteiger partial charge < -0.3 is 20.8 Å². The van der Waals surface area contributed by atoms with E-state index in [0.29, 0.717) is 5.69 Å². The van der Waals surface area contributed by atoms with Crippen molar-refractivity contribution in [1.82, 2.24) is 0 Å². The molecule has 2 rings (SSSR count). The predicted molar refractivity (Wildman–Crippen MR) is 78.9 cm³/mol. The topological polar surface area (TPSA) is 98.7 Å². The maximum atomic E-state index is 11.8. The number of hydrogen-bond acceptors (Lipinski definition) is 3. The van der Waals surface area contributed by atoms with Crippen molar-refractivity contribution < 1.29 is 19.8 Å². The molecule has 0 unspecified atom stereocenters. The minimum absolute atomic E-state index is 0.273. The normalized spacial score (nSPS) is 9.95. The number of rotatable bonds is 3. The molecule has 0 aliphatic rings. The Morgan fingerprint density at radius 3 is 2.29 bits per heavy atom. The van der Waals surface area contributed by atoms with Gasteiger partial charge in [0.15, 0.2) is 0 Å². The molecule has 2 aromatic rings. The number of aromatic hydroxyl groups is 1. The third-order valence-corrected chi connectivity index (χ3v) is 2.76. The summed E-state index contributed by atoms with van der Waals surface area (Å²) in [6.45, 7) is 1.90. The molecule has 2 amide bonds. The van der Waals surface area contributed by atoms with Crippen molar-refractivity contribution in [3.05, 3.63) is 53.6 Å². The van der Waals surface area contributed by atoms with Gasteiger partial charge in [0.2, 0.25) is 0 Å². The first-order valence-corrected chi connectivity index (χ1v) is 6.16. The molecule has 0 fully saturated rings. The molecular weight excluding hydrogens is 272 g/mol. The number of urea groups is 1. The molecule has 108 valence electrons. The smallest absolute Gasteiger partial charge is 0.339 e. The van der Waals surface area contributed by atoms with Gasteiger partial charge in [-0.05, 0) is 42.8 Å². The highest BCUT2D eigenvalue weighted by Gasteiger charge is 2.11. The number of aryl methyl sites for hydroxylation is 1. The third-order valence-electron chi connectivity index (χ3n) is 2.76. The first-order chi connectivity index (χ1) is 9.95. The molecule has 6 nitrogen and oxygen atoms in total. The SMILES string of the molecule is Cc1cccc(NC(=O)Nc2ccc(O)c(C(=O)O)c2)c1. The lowest BCUT2D eigenvalue weighted by Crippen LogP contribution is -2.19. The minimum Gasteiger partial charge on any atom is -0.507 e. The summed E-state index contributed by atoms with van der Waals surface area (Å²) in [7, 11) is 0. The fourth-order valence-corrected chi connectivity index (χ4v) is 1.80. The largest absolute Gasteiger partial charge is 0.507 e. The molecule has 2 aromatic carbocycles. The zero-order valence-corrected chi connectivity index (χ0v) is 11.3. The van der Waals surface area contributed by atoms with E-state index in [1.807, 2.05) is 19.1 Å². The lowest BCUT2D eigenvalue weighted by molar-refractivity contribution is 0.0693. The standard InChI is InChI=1S/C15H14N2O4/c1-9-3-2-4-10(7-9)16-15(21)17-11-5-6-13(18)12(8-11)14(19)20/h2-8,18H,1H3,(H,19,20)(H2,16,17,21). The van der Waals surface area contributed by atoms with Crippen LogP contribution in [-0.4, -0.2) is 22.2 Å². The van der Waals surface area contributed by atoms with Gasteiger partial charge in [-0.1, -0.05) is 12.1 Å². The monoisotopic (exact) mass is 286 g/mol. The van der Waals surface area contributed by atoms with E-state index in [9.17, 15) is 14.7 Å². The molecule has 0 radical (unpaired) electrons. The second-order valence-corrected chi connectivity index (χ2v) is 4.49. The van der Waals surface area contributed by atoms with Crippen LogP contribution in [0, 0.1) is 6.92 Å². The average Bonchev–Trinajstić information content (AvgIpc) is 2.40. The van der Waals surface area contributed by atoms with Crippen LogP contribution in [-0.2, 0) is 0 Å². The summed E-state index contributed by atoms with van der Waals surface area (Å²) < 4.78 is 0. The van der Waals surface area contributed by atoms with Crippen molar-refractivity contribution in [2.24, 2.45) is 0 Å². The molecule has 0 bridgehead atoms. The van der Waals surface area contributed by atoms with Crippen molar-refractivity contribution in [3.8, 4) is 5.75 Å². The summed E-state index contributed by atoms with van der Waals surface area (Å²) in [5.74, 6) is -1.62. The number of carbonyl (C=O) groups is 2. The lowest BCUT2D eigenvalue weighted by atomic mass is 10.2. The van der Waals surface area contributed by atoms with Gasteiger partial charge in [-0.15, -0.1) is 0 Å². The molecule has 0 saturated carbocycles. The van der Waals surface area contributed by atoms with Gasteiger partial charge in [0.25, 0.3) is 0 Å². The minimum atomic E-state index is -1.27. The van der Waals surface area contributed by atoms with E-state index in [1.54, 1.807) is 12.1 Å². The number of hydrogen-bond donors (Lipinski definition) is 4. The summed E-state index contributed by atoms with van der Waals surface area (Å²) in [5, 5.41) is 23.4. The Bertz CT molecular complexity index is 698. The quantitative estimate of drug-likeness (QED) is 0.652. The molecular formula is C15H14N2O4. The van der Waals surface area contributed by atoms with Gasteiger partial charge >= 0.3 is 12.0 Å². The van der Waals surface area contributed by atoms with Crippen molar-refractivity contribution in [3.63, 3.8) is 0 Å². The van der Waals surface area contributed by atoms with E-state index in [2.05, 4.69) is 10.6 Å². The van der Waals surface area contributed by atoms with Crippen molar-refractivity contribution in [2.75, 3.05) is 10.6 Å². The number of phenols is 1. The highest BCUT2D eigenvalue weighted by Crippen LogP contribution is 2.21. The summed E-state index contributed by atoms with van der Waals surface area (Å²) in [6.07, 6.45) is 0. The Labute approximate surface area is 121 Å². The van der Waals surface area contributed by atoms with Gasteiger partial charge in [-0.25, -0.2) is 9.59 Å². The number of aromatic carboxylic acids is 1. The first-order valence-electron chi connectivity index (χ1n) is 6.16. The zero-order chi connectivity index (χ0) is 15.4. The van der Waals surface area contributed by atoms with Gasteiger partial charge in [0, 0.05) is 11.4 Å². The van der Waals surface area contributed by atoms with Crippen LogP contribution >= 0.6 is 0 Å². The Balaban J connectivity index is 2.09. The van der Waals surface area contributed by atoms with Crippen LogP contribution in [0.4, 0.5) is 16.2 Å². The maximum absolute atomic E-state index is 11.8. The maximum Gasteiger partial charge on any atom is 0.339 e. The van der Waals surface area contributed by atoms with Crippen LogP contribution in [0.1, 0.15) is 15.9 Å². The number of amides is 2. The van der Waals surface area contributed by atoms with Crippen LogP contribution < -0.4 is 10.6 Å². The van der Waals surface area contributed by atoms with Crippen LogP contribution in [0.15, 0.2) is 42.5 Å². The molecule has 0 aromatic heterocycles. The van der Waals surface area contributed by atoms with E-state index < -0.39 is 12.0 Å². The van der Waals surface area contributed by atoms with Crippen molar-refractivity contribution >= 4 is 23.4 Å². The van der Waals surface area contributed by atoms with Crippen LogP contribution in [0.25, 0.3) is 0 Å². The van der Waals surface area contributed by atoms with Crippen molar-refractivity contribution in [1.29, 1.82) is 0 Å². The number of carbonyl (C=O) groups excluding carboxylic acids is 1. The molecule has 0 atom stereocenters. The highest BCUT2D eigenvalue weighted by atomic mass is 16.4. The van der Waals surface area contributed by atoms with E-state index in [0.717, 1.165) is 5.56 Å². The van der Waals surface area contributed by atoms with E-state index in [1.165, 1.54) is 18.2 Å². The number of benzene rings is 2. The first kappa shape index (κ1) is 14.4. The Kier molecular flexibility index (Phi) is 4.08. The highest BCUT2D eigenvalue weighted by molar-refractivity contribution is 6.01. The van der Waals surface area contributed by atoms with Crippen LogP contribution in [0.3, 0.4) is 0 Å². The van der Waals surface area contributed by atoms with E-state index in [-0.39, 0.29) is 17.0 Å². The third kappa shape index (κ3) is 3.73. The second kappa shape index (κ2) is 5.96. The summed E-state index contributed by atoms with van der Waals surface area (Å²) in [4.78, 5) is 22.7. The van der Waals surface area contributed by atoms with Gasteiger partial charge in [0.1, 0.15) is 11.3 Å².